The summed E-state index contributed by atoms with van der Waals surface area (Å²) in [7, 11) is 0. The third-order valence-corrected chi connectivity index (χ3v) is 5.46. The Morgan fingerprint density at radius 1 is 1.31 bits per heavy atom. The number of nitrogens with two attached hydrogens (primary N) is 1. The topological polar surface area (TPSA) is 114 Å². The van der Waals surface area contributed by atoms with Crippen LogP contribution >= 0.6 is 0 Å². The fraction of sp³-hybridized carbons (Fsp3) is 0.400. The molecule has 0 fully saturated rings. The van der Waals surface area contributed by atoms with Gasteiger partial charge in [-0.15, -0.1) is 0 Å². The molecule has 1 aromatic rings. The molecule has 1 aromatic heterocycles. The lowest BCUT2D eigenvalue weighted by Gasteiger charge is -2.46. The molecule has 1 aliphatic carbocycles. The summed E-state index contributed by atoms with van der Waals surface area (Å²) < 4.78 is 0. The highest BCUT2D eigenvalue weighted by molar-refractivity contribution is 5.59. The summed E-state index contributed by atoms with van der Waals surface area (Å²) in [6.45, 7) is 5.63. The molecular weight excluding hydrogens is 324 g/mol. The Kier molecular flexibility index (Phi) is 4.51. The van der Waals surface area contributed by atoms with Crippen LogP contribution in [-0.4, -0.2) is 29.0 Å². The van der Waals surface area contributed by atoms with E-state index < -0.39 is 11.3 Å². The van der Waals surface area contributed by atoms with E-state index >= 15 is 0 Å². The van der Waals surface area contributed by atoms with Crippen molar-refractivity contribution in [1.82, 2.24) is 9.88 Å². The van der Waals surface area contributed by atoms with Crippen LogP contribution in [0.25, 0.3) is 0 Å². The molecule has 3 rings (SSSR count). The van der Waals surface area contributed by atoms with Crippen molar-refractivity contribution in [2.45, 2.75) is 25.8 Å². The van der Waals surface area contributed by atoms with Crippen molar-refractivity contribution < 1.29 is 0 Å². The Balaban J connectivity index is 2.29. The average Bonchev–Trinajstić information content (AvgIpc) is 2.67. The molecule has 26 heavy (non-hydrogen) atoms. The second-order valence-corrected chi connectivity index (χ2v) is 7.01. The van der Waals surface area contributed by atoms with E-state index in [9.17, 15) is 15.8 Å². The fourth-order valence-electron chi connectivity index (χ4n) is 4.09. The molecule has 2 N–H and O–H groups in total. The molecule has 0 saturated heterocycles. The van der Waals surface area contributed by atoms with Crippen LogP contribution in [-0.2, 0) is 0 Å². The van der Waals surface area contributed by atoms with Crippen molar-refractivity contribution in [2.75, 3.05) is 13.1 Å². The molecule has 0 aromatic carbocycles. The maximum absolute atomic E-state index is 9.99. The number of hydrogen-bond acceptors (Lipinski definition) is 6. The third-order valence-electron chi connectivity index (χ3n) is 5.46. The molecule has 2 unspecified atom stereocenters. The molecule has 0 bridgehead atoms. The Labute approximate surface area is 153 Å². The average molecular weight is 344 g/mol. The van der Waals surface area contributed by atoms with Gasteiger partial charge in [0.2, 0.25) is 0 Å². The van der Waals surface area contributed by atoms with E-state index in [4.69, 9.17) is 5.73 Å². The van der Waals surface area contributed by atoms with E-state index in [1.807, 2.05) is 18.2 Å². The predicted octanol–water partition coefficient (Wildman–Crippen LogP) is 2.22. The summed E-state index contributed by atoms with van der Waals surface area (Å²) in [5.41, 5.74) is 6.64. The summed E-state index contributed by atoms with van der Waals surface area (Å²) in [5.74, 6) is -0.646. The Bertz CT molecular complexity index is 877. The van der Waals surface area contributed by atoms with Gasteiger partial charge in [0, 0.05) is 43.4 Å². The first-order chi connectivity index (χ1) is 12.5. The second-order valence-electron chi connectivity index (χ2n) is 7.01. The van der Waals surface area contributed by atoms with Crippen LogP contribution < -0.4 is 5.73 Å². The Morgan fingerprint density at radius 3 is 2.58 bits per heavy atom. The van der Waals surface area contributed by atoms with Crippen molar-refractivity contribution in [3.63, 3.8) is 0 Å². The summed E-state index contributed by atoms with van der Waals surface area (Å²) in [6, 6.07) is 10.3. The van der Waals surface area contributed by atoms with Crippen LogP contribution in [0.5, 0.6) is 0 Å². The number of hydrogen-bond donors (Lipinski definition) is 1. The molecular formula is C20H20N6. The molecule has 0 spiro atoms. The van der Waals surface area contributed by atoms with Crippen molar-refractivity contribution in [3.05, 3.63) is 53.0 Å². The van der Waals surface area contributed by atoms with Crippen LogP contribution in [0.4, 0.5) is 0 Å². The number of pyridine rings is 1. The van der Waals surface area contributed by atoms with E-state index in [0.29, 0.717) is 12.6 Å². The SMILES string of the molecule is CC(C)N1CC=C2C(N)=C(C#N)C(C#N)(C#N)C(c3cccnc3)C2C1. The van der Waals surface area contributed by atoms with Gasteiger partial charge in [-0.1, -0.05) is 12.1 Å². The number of nitrogens with zero attached hydrogens (tertiary/aromatic N) is 5. The second kappa shape index (κ2) is 6.64. The van der Waals surface area contributed by atoms with Crippen LogP contribution in [0.15, 0.2) is 47.4 Å². The number of rotatable bonds is 2. The molecule has 2 heterocycles. The Morgan fingerprint density at radius 2 is 2.04 bits per heavy atom. The molecule has 130 valence electrons. The normalized spacial score (nSPS) is 24.8. The fourth-order valence-corrected chi connectivity index (χ4v) is 4.09. The highest BCUT2D eigenvalue weighted by atomic mass is 15.2. The Hall–Kier alpha value is -3.14. The smallest absolute Gasteiger partial charge is 0.187 e. The van der Waals surface area contributed by atoms with Crippen LogP contribution in [0.2, 0.25) is 0 Å². The zero-order valence-electron chi connectivity index (χ0n) is 14.8. The molecule has 0 radical (unpaired) electrons. The van der Waals surface area contributed by atoms with Crippen LogP contribution in [0.3, 0.4) is 0 Å². The lowest BCUT2D eigenvalue weighted by Crippen LogP contribution is -2.49. The minimum Gasteiger partial charge on any atom is -0.398 e. The van der Waals surface area contributed by atoms with Gasteiger partial charge in [-0.05, 0) is 31.1 Å². The summed E-state index contributed by atoms with van der Waals surface area (Å²) in [6.07, 6.45) is 5.36. The third kappa shape index (κ3) is 2.46. The maximum Gasteiger partial charge on any atom is 0.187 e. The standard InChI is InChI=1S/C20H20N6/c1-13(2)26-7-5-15-16(10-26)18(14-4-3-6-25-9-14)20(11-22,12-23)17(8-21)19(15)24/h3-6,9,13,16,18H,7,10,24H2,1-2H3. The van der Waals surface area contributed by atoms with Gasteiger partial charge in [0.15, 0.2) is 5.41 Å². The van der Waals surface area contributed by atoms with Gasteiger partial charge in [-0.2, -0.15) is 15.8 Å². The summed E-state index contributed by atoms with van der Waals surface area (Å²) in [5, 5.41) is 29.7. The van der Waals surface area contributed by atoms with E-state index in [-0.39, 0.29) is 17.2 Å². The molecule has 2 aliphatic rings. The first-order valence-corrected chi connectivity index (χ1v) is 8.57. The van der Waals surface area contributed by atoms with Crippen molar-refractivity contribution >= 4 is 0 Å². The summed E-state index contributed by atoms with van der Waals surface area (Å²) >= 11 is 0. The van der Waals surface area contributed by atoms with Gasteiger partial charge in [-0.3, -0.25) is 9.88 Å². The molecule has 6 nitrogen and oxygen atoms in total. The number of allylic oxidation sites excluding steroid dienone is 2. The molecule has 0 amide bonds. The minimum absolute atomic E-state index is 0.0526. The molecule has 6 heteroatoms. The lowest BCUT2D eigenvalue weighted by atomic mass is 9.57. The minimum atomic E-state index is -1.62. The first kappa shape index (κ1) is 17.7. The van der Waals surface area contributed by atoms with Gasteiger partial charge < -0.3 is 5.73 Å². The maximum atomic E-state index is 9.99. The van der Waals surface area contributed by atoms with Crippen molar-refractivity contribution in [2.24, 2.45) is 17.1 Å². The van der Waals surface area contributed by atoms with Gasteiger partial charge in [0.05, 0.1) is 29.5 Å². The number of fused-ring (bicyclic) bond motifs is 1. The van der Waals surface area contributed by atoms with Gasteiger partial charge >= 0.3 is 0 Å². The van der Waals surface area contributed by atoms with E-state index in [1.54, 1.807) is 18.5 Å². The summed E-state index contributed by atoms with van der Waals surface area (Å²) in [4.78, 5) is 6.45. The van der Waals surface area contributed by atoms with Crippen molar-refractivity contribution in [3.8, 4) is 18.2 Å². The van der Waals surface area contributed by atoms with Crippen LogP contribution in [0.1, 0.15) is 25.3 Å². The van der Waals surface area contributed by atoms with Gasteiger partial charge in [-0.25, -0.2) is 0 Å². The zero-order chi connectivity index (χ0) is 18.9. The molecule has 0 saturated carbocycles. The highest BCUT2D eigenvalue weighted by Crippen LogP contribution is 2.54. The van der Waals surface area contributed by atoms with Gasteiger partial charge in [0.25, 0.3) is 0 Å². The van der Waals surface area contributed by atoms with E-state index in [0.717, 1.165) is 17.7 Å². The number of aromatic nitrogens is 1. The zero-order valence-corrected chi connectivity index (χ0v) is 14.8. The lowest BCUT2D eigenvalue weighted by molar-refractivity contribution is 0.174. The number of nitriles is 3. The molecule has 1 aliphatic heterocycles. The quantitative estimate of drug-likeness (QED) is 0.880. The van der Waals surface area contributed by atoms with Gasteiger partial charge in [0.1, 0.15) is 0 Å². The van der Waals surface area contributed by atoms with Crippen molar-refractivity contribution in [1.29, 1.82) is 15.8 Å². The predicted molar refractivity (Wildman–Crippen MR) is 95.7 cm³/mol. The van der Waals surface area contributed by atoms with Crippen LogP contribution in [0, 0.1) is 45.3 Å². The van der Waals surface area contributed by atoms with E-state index in [2.05, 4.69) is 35.9 Å². The largest absolute Gasteiger partial charge is 0.398 e. The monoisotopic (exact) mass is 344 g/mol. The highest BCUT2D eigenvalue weighted by Gasteiger charge is 2.55. The molecule has 2 atom stereocenters. The van der Waals surface area contributed by atoms with E-state index in [1.165, 1.54) is 0 Å². The first-order valence-electron chi connectivity index (χ1n) is 8.57.